The fourth-order valence-corrected chi connectivity index (χ4v) is 2.78. The van der Waals surface area contributed by atoms with Gasteiger partial charge in [-0.2, -0.15) is 0 Å². The average Bonchev–Trinajstić information content (AvgIpc) is 2.87. The third-order valence-corrected chi connectivity index (χ3v) is 3.68. The van der Waals surface area contributed by atoms with Crippen LogP contribution in [0.1, 0.15) is 40.0 Å². The second kappa shape index (κ2) is 11.5. The van der Waals surface area contributed by atoms with E-state index < -0.39 is 0 Å². The summed E-state index contributed by atoms with van der Waals surface area (Å²) in [7, 11) is 1.69. The summed E-state index contributed by atoms with van der Waals surface area (Å²) < 4.78 is 5.08. The SMILES string of the molecule is COCC(C)NC(N)=NCC(CC(C)C)N1CCCC1.I. The Morgan fingerprint density at radius 3 is 2.43 bits per heavy atom. The molecule has 0 aliphatic carbocycles. The van der Waals surface area contributed by atoms with Crippen molar-refractivity contribution in [3.8, 4) is 0 Å². The maximum Gasteiger partial charge on any atom is 0.188 e. The molecular weight excluding hydrogens is 379 g/mol. The van der Waals surface area contributed by atoms with Crippen molar-refractivity contribution >= 4 is 29.9 Å². The number of nitrogens with two attached hydrogens (primary N) is 1. The van der Waals surface area contributed by atoms with Crippen LogP contribution in [0.25, 0.3) is 0 Å². The first-order valence-electron chi connectivity index (χ1n) is 7.82. The zero-order valence-electron chi connectivity index (χ0n) is 14.0. The molecule has 1 aliphatic rings. The zero-order chi connectivity index (χ0) is 15.0. The van der Waals surface area contributed by atoms with Gasteiger partial charge in [-0.15, -0.1) is 24.0 Å². The van der Waals surface area contributed by atoms with Gasteiger partial charge in [0, 0.05) is 19.2 Å². The van der Waals surface area contributed by atoms with Crippen LogP contribution in [0.5, 0.6) is 0 Å². The normalized spacial score (nSPS) is 19.4. The van der Waals surface area contributed by atoms with Gasteiger partial charge in [-0.25, -0.2) is 0 Å². The molecule has 0 aromatic heterocycles. The largest absolute Gasteiger partial charge is 0.383 e. The summed E-state index contributed by atoms with van der Waals surface area (Å²) in [6.45, 7) is 10.4. The van der Waals surface area contributed by atoms with E-state index in [4.69, 9.17) is 10.5 Å². The van der Waals surface area contributed by atoms with Crippen molar-refractivity contribution in [1.29, 1.82) is 0 Å². The quantitative estimate of drug-likeness (QED) is 0.364. The van der Waals surface area contributed by atoms with Crippen molar-refractivity contribution in [2.45, 2.75) is 52.1 Å². The molecule has 126 valence electrons. The summed E-state index contributed by atoms with van der Waals surface area (Å²) in [5.41, 5.74) is 5.95. The van der Waals surface area contributed by atoms with E-state index in [0.717, 1.165) is 6.54 Å². The standard InChI is InChI=1S/C15H32N4O.HI/c1-12(2)9-14(19-7-5-6-8-19)10-17-15(16)18-13(3)11-20-4;/h12-14H,5-11H2,1-4H3,(H3,16,17,18);1H. The Labute approximate surface area is 147 Å². The number of halogens is 1. The van der Waals surface area contributed by atoms with Crippen molar-refractivity contribution in [2.75, 3.05) is 33.4 Å². The third-order valence-electron chi connectivity index (χ3n) is 3.68. The molecule has 1 fully saturated rings. The minimum Gasteiger partial charge on any atom is -0.383 e. The van der Waals surface area contributed by atoms with Crippen molar-refractivity contribution in [1.82, 2.24) is 10.2 Å². The number of guanidine groups is 1. The van der Waals surface area contributed by atoms with E-state index in [-0.39, 0.29) is 30.0 Å². The summed E-state index contributed by atoms with van der Waals surface area (Å²) in [5.74, 6) is 1.22. The van der Waals surface area contributed by atoms with Gasteiger partial charge >= 0.3 is 0 Å². The highest BCUT2D eigenvalue weighted by Crippen LogP contribution is 2.17. The highest BCUT2D eigenvalue weighted by molar-refractivity contribution is 14.0. The molecule has 6 heteroatoms. The van der Waals surface area contributed by atoms with Crippen LogP contribution in [0.2, 0.25) is 0 Å². The van der Waals surface area contributed by atoms with Crippen molar-refractivity contribution < 1.29 is 4.74 Å². The van der Waals surface area contributed by atoms with Crippen LogP contribution in [-0.2, 0) is 4.74 Å². The van der Waals surface area contributed by atoms with E-state index in [0.29, 0.717) is 24.5 Å². The first-order chi connectivity index (χ1) is 9.52. The van der Waals surface area contributed by atoms with Gasteiger partial charge in [0.1, 0.15) is 0 Å². The molecule has 3 N–H and O–H groups in total. The van der Waals surface area contributed by atoms with Crippen molar-refractivity contribution in [3.63, 3.8) is 0 Å². The molecule has 0 saturated carbocycles. The summed E-state index contributed by atoms with van der Waals surface area (Å²) in [4.78, 5) is 7.10. The van der Waals surface area contributed by atoms with E-state index in [1.807, 2.05) is 6.92 Å². The van der Waals surface area contributed by atoms with Gasteiger partial charge in [-0.1, -0.05) is 13.8 Å². The van der Waals surface area contributed by atoms with Gasteiger partial charge in [0.2, 0.25) is 0 Å². The number of rotatable bonds is 8. The number of nitrogens with zero attached hydrogens (tertiary/aromatic N) is 2. The van der Waals surface area contributed by atoms with Gasteiger partial charge in [0.05, 0.1) is 13.2 Å². The Bertz CT molecular complexity index is 293. The molecule has 0 amide bonds. The predicted octanol–water partition coefficient (Wildman–Crippen LogP) is 2.05. The first kappa shape index (κ1) is 20.9. The fourth-order valence-electron chi connectivity index (χ4n) is 2.78. The summed E-state index contributed by atoms with van der Waals surface area (Å²) in [6.07, 6.45) is 3.82. The van der Waals surface area contributed by atoms with Crippen molar-refractivity contribution in [2.24, 2.45) is 16.6 Å². The lowest BCUT2D eigenvalue weighted by Gasteiger charge is -2.27. The molecule has 2 unspecified atom stereocenters. The molecular formula is C15H33IN4O. The Kier molecular flexibility index (Phi) is 11.4. The molecule has 1 aliphatic heterocycles. The summed E-state index contributed by atoms with van der Waals surface area (Å²) >= 11 is 0. The lowest BCUT2D eigenvalue weighted by atomic mass is 10.0. The maximum atomic E-state index is 5.95. The van der Waals surface area contributed by atoms with Crippen LogP contribution in [0.3, 0.4) is 0 Å². The minimum absolute atomic E-state index is 0. The van der Waals surface area contributed by atoms with Gasteiger partial charge in [-0.05, 0) is 45.2 Å². The molecule has 0 aromatic rings. The number of hydrogen-bond acceptors (Lipinski definition) is 3. The van der Waals surface area contributed by atoms with E-state index in [9.17, 15) is 0 Å². The highest BCUT2D eigenvalue weighted by Gasteiger charge is 2.22. The first-order valence-corrected chi connectivity index (χ1v) is 7.82. The number of nitrogens with one attached hydrogen (secondary N) is 1. The minimum atomic E-state index is 0. The fraction of sp³-hybridized carbons (Fsp3) is 0.933. The molecule has 1 heterocycles. The number of likely N-dealkylation sites (tertiary alicyclic amines) is 1. The van der Waals surface area contributed by atoms with Crippen LogP contribution in [0.15, 0.2) is 4.99 Å². The molecule has 1 rings (SSSR count). The molecule has 5 nitrogen and oxygen atoms in total. The number of aliphatic imine (C=N–C) groups is 1. The van der Waals surface area contributed by atoms with Crippen molar-refractivity contribution in [3.05, 3.63) is 0 Å². The lowest BCUT2D eigenvalue weighted by molar-refractivity contribution is 0.179. The molecule has 0 radical (unpaired) electrons. The Balaban J connectivity index is 0.00000400. The van der Waals surface area contributed by atoms with Crippen LogP contribution in [0.4, 0.5) is 0 Å². The van der Waals surface area contributed by atoms with Gasteiger partial charge in [-0.3, -0.25) is 9.89 Å². The van der Waals surface area contributed by atoms with E-state index in [1.54, 1.807) is 7.11 Å². The molecule has 0 bridgehead atoms. The Morgan fingerprint density at radius 1 is 1.29 bits per heavy atom. The average molecular weight is 412 g/mol. The van der Waals surface area contributed by atoms with E-state index in [1.165, 1.54) is 32.4 Å². The topological polar surface area (TPSA) is 62.9 Å². The Morgan fingerprint density at radius 2 is 1.90 bits per heavy atom. The lowest BCUT2D eigenvalue weighted by Crippen LogP contribution is -2.42. The van der Waals surface area contributed by atoms with E-state index in [2.05, 4.69) is 29.1 Å². The highest BCUT2D eigenvalue weighted by atomic mass is 127. The van der Waals surface area contributed by atoms with Gasteiger partial charge in [0.25, 0.3) is 0 Å². The number of hydrogen-bond donors (Lipinski definition) is 2. The molecule has 0 spiro atoms. The third kappa shape index (κ3) is 8.83. The smallest absolute Gasteiger partial charge is 0.188 e. The number of ether oxygens (including phenoxy) is 1. The predicted molar refractivity (Wildman–Crippen MR) is 100 cm³/mol. The van der Waals surface area contributed by atoms with E-state index >= 15 is 0 Å². The molecule has 1 saturated heterocycles. The maximum absolute atomic E-state index is 5.95. The summed E-state index contributed by atoms with van der Waals surface area (Å²) in [6, 6.07) is 0.717. The summed E-state index contributed by atoms with van der Waals surface area (Å²) in [5, 5.41) is 3.16. The monoisotopic (exact) mass is 412 g/mol. The van der Waals surface area contributed by atoms with Crippen LogP contribution < -0.4 is 11.1 Å². The second-order valence-electron chi connectivity index (χ2n) is 6.25. The Hall–Kier alpha value is -0.0800. The molecule has 0 aromatic carbocycles. The van der Waals surface area contributed by atoms with Gasteiger partial charge < -0.3 is 15.8 Å². The second-order valence-corrected chi connectivity index (χ2v) is 6.25. The van der Waals surface area contributed by atoms with Crippen LogP contribution in [-0.4, -0.2) is 56.3 Å². The zero-order valence-corrected chi connectivity index (χ0v) is 16.3. The van der Waals surface area contributed by atoms with Gasteiger partial charge in [0.15, 0.2) is 5.96 Å². The molecule has 2 atom stereocenters. The number of methoxy groups -OCH3 is 1. The van der Waals surface area contributed by atoms with Crippen LogP contribution >= 0.6 is 24.0 Å². The van der Waals surface area contributed by atoms with Crippen LogP contribution in [0, 0.1) is 5.92 Å². The molecule has 21 heavy (non-hydrogen) atoms.